The maximum absolute atomic E-state index is 12.6. The fourth-order valence-corrected chi connectivity index (χ4v) is 4.08. The molecule has 148 valence electrons. The van der Waals surface area contributed by atoms with Gasteiger partial charge in [-0.05, 0) is 25.0 Å². The molecule has 0 radical (unpaired) electrons. The summed E-state index contributed by atoms with van der Waals surface area (Å²) in [5.74, 6) is 0.773. The van der Waals surface area contributed by atoms with Crippen LogP contribution in [-0.4, -0.2) is 29.3 Å². The molecular weight excluding hydrogens is 370 g/mol. The average Bonchev–Trinajstić information content (AvgIpc) is 3.38. The zero-order chi connectivity index (χ0) is 20.3. The lowest BCUT2D eigenvalue weighted by Crippen LogP contribution is -2.33. The molecule has 4 aromatic heterocycles. The van der Waals surface area contributed by atoms with Gasteiger partial charge in [0, 0.05) is 18.0 Å². The molecule has 0 bridgehead atoms. The number of hydrogen-bond donors (Lipinski definition) is 3. The van der Waals surface area contributed by atoms with Crippen LogP contribution >= 0.6 is 0 Å². The minimum Gasteiger partial charge on any atom is -0.278 e. The number of aromatic amines is 3. The summed E-state index contributed by atoms with van der Waals surface area (Å²) in [6.45, 7) is 5.01. The minimum absolute atomic E-state index is 0.406. The van der Waals surface area contributed by atoms with E-state index in [9.17, 15) is 9.59 Å². The molecule has 0 atom stereocenters. The molecule has 0 unspecified atom stereocenters. The van der Waals surface area contributed by atoms with Gasteiger partial charge < -0.3 is 0 Å². The summed E-state index contributed by atoms with van der Waals surface area (Å²) < 4.78 is 5.45. The Hall–Kier alpha value is -3.62. The monoisotopic (exact) mass is 392 g/mol. The second-order valence-electron chi connectivity index (χ2n) is 7.44. The summed E-state index contributed by atoms with van der Waals surface area (Å²) >= 11 is 0. The lowest BCUT2D eigenvalue weighted by atomic mass is 10.0. The highest BCUT2D eigenvalue weighted by Gasteiger charge is 2.27. The Morgan fingerprint density at radius 1 is 1.21 bits per heavy atom. The topological polar surface area (TPSA) is 108 Å². The van der Waals surface area contributed by atoms with Gasteiger partial charge in [-0.25, -0.2) is 14.3 Å². The molecule has 1 aromatic carbocycles. The van der Waals surface area contributed by atoms with Gasteiger partial charge in [-0.2, -0.15) is 9.50 Å². The van der Waals surface area contributed by atoms with Crippen LogP contribution in [0.1, 0.15) is 25.3 Å². The average molecular weight is 392 g/mol. The SMILES string of the molecule is CCCCn1c(-c2c(C)ccc3[nH]ncc23)c[n+]2c3c(=O)[nH]c(=O)n(C)c3[nH]c12. The van der Waals surface area contributed by atoms with E-state index >= 15 is 0 Å². The number of nitrogens with one attached hydrogen (secondary N) is 3. The molecule has 0 saturated heterocycles. The van der Waals surface area contributed by atoms with E-state index in [0.717, 1.165) is 52.9 Å². The van der Waals surface area contributed by atoms with E-state index < -0.39 is 11.2 Å². The van der Waals surface area contributed by atoms with Crippen LogP contribution in [0.5, 0.6) is 0 Å². The number of imidazole rings is 2. The van der Waals surface area contributed by atoms with Crippen molar-refractivity contribution >= 4 is 27.8 Å². The molecule has 0 fully saturated rings. The lowest BCUT2D eigenvalue weighted by Gasteiger charge is -2.08. The van der Waals surface area contributed by atoms with Crippen LogP contribution in [0.25, 0.3) is 39.1 Å². The van der Waals surface area contributed by atoms with Crippen LogP contribution in [-0.2, 0) is 13.6 Å². The second kappa shape index (κ2) is 6.20. The molecule has 0 amide bonds. The number of unbranched alkanes of at least 4 members (excludes halogenated alkanes) is 1. The van der Waals surface area contributed by atoms with E-state index in [2.05, 4.69) is 44.6 Å². The number of fused-ring (bicyclic) bond motifs is 4. The summed E-state index contributed by atoms with van der Waals surface area (Å²) in [4.78, 5) is 30.3. The van der Waals surface area contributed by atoms with Gasteiger partial charge in [-0.3, -0.25) is 19.4 Å². The Labute approximate surface area is 164 Å². The Kier molecular flexibility index (Phi) is 3.73. The molecule has 29 heavy (non-hydrogen) atoms. The fraction of sp³-hybridized carbons (Fsp3) is 0.300. The maximum atomic E-state index is 12.6. The highest BCUT2D eigenvalue weighted by Crippen LogP contribution is 2.32. The second-order valence-corrected chi connectivity index (χ2v) is 7.44. The molecule has 0 aliphatic rings. The van der Waals surface area contributed by atoms with Crippen molar-refractivity contribution < 1.29 is 4.40 Å². The van der Waals surface area contributed by atoms with E-state index in [-0.39, 0.29) is 0 Å². The first kappa shape index (κ1) is 17.5. The fourth-order valence-electron chi connectivity index (χ4n) is 4.08. The number of hydrogen-bond acceptors (Lipinski definition) is 3. The molecule has 9 nitrogen and oxygen atoms in total. The Bertz CT molecular complexity index is 1510. The Balaban J connectivity index is 1.92. The van der Waals surface area contributed by atoms with E-state index in [4.69, 9.17) is 0 Å². The van der Waals surface area contributed by atoms with Crippen LogP contribution in [0.2, 0.25) is 0 Å². The molecule has 9 heteroatoms. The summed E-state index contributed by atoms with van der Waals surface area (Å²) in [5.41, 5.74) is 4.27. The van der Waals surface area contributed by atoms with E-state index in [1.807, 2.05) is 22.9 Å². The van der Waals surface area contributed by atoms with Crippen molar-refractivity contribution in [2.45, 2.75) is 33.2 Å². The zero-order valence-corrected chi connectivity index (χ0v) is 16.5. The summed E-state index contributed by atoms with van der Waals surface area (Å²) in [6.07, 6.45) is 5.83. The highest BCUT2D eigenvalue weighted by molar-refractivity contribution is 5.95. The number of rotatable bonds is 4. The van der Waals surface area contributed by atoms with Gasteiger partial charge in [0.25, 0.3) is 5.56 Å². The van der Waals surface area contributed by atoms with Gasteiger partial charge in [0.2, 0.25) is 11.2 Å². The van der Waals surface area contributed by atoms with Crippen molar-refractivity contribution in [3.8, 4) is 11.3 Å². The standard InChI is InChI=1S/C20H21N7O2/c1-4-5-8-26-14(15-11(2)6-7-13-12(15)9-21-24-13)10-27-16-17(22-19(26)27)25(3)20(29)23-18(16)28/h6-7,9-10H,4-5,8H2,1-3H3,(H2,21,23,24,28,29)/p+1. The predicted molar refractivity (Wildman–Crippen MR) is 110 cm³/mol. The molecular formula is C20H22N7O2+. The first-order valence-electron chi connectivity index (χ1n) is 9.70. The van der Waals surface area contributed by atoms with Crippen molar-refractivity contribution in [2.75, 3.05) is 0 Å². The third-order valence-electron chi connectivity index (χ3n) is 5.62. The van der Waals surface area contributed by atoms with Crippen LogP contribution in [0, 0.1) is 6.92 Å². The van der Waals surface area contributed by atoms with E-state index in [1.165, 1.54) is 4.57 Å². The van der Waals surface area contributed by atoms with Gasteiger partial charge >= 0.3 is 11.5 Å². The van der Waals surface area contributed by atoms with Gasteiger partial charge in [0.05, 0.1) is 18.3 Å². The smallest absolute Gasteiger partial charge is 0.278 e. The number of nitrogens with zero attached hydrogens (tertiary/aromatic N) is 4. The third-order valence-corrected chi connectivity index (χ3v) is 5.62. The van der Waals surface area contributed by atoms with Gasteiger partial charge in [0.1, 0.15) is 11.9 Å². The molecule has 0 saturated carbocycles. The number of benzene rings is 1. The largest absolute Gasteiger partial charge is 0.369 e. The molecule has 5 rings (SSSR count). The highest BCUT2D eigenvalue weighted by atomic mass is 16.2. The van der Waals surface area contributed by atoms with E-state index in [0.29, 0.717) is 11.2 Å². The van der Waals surface area contributed by atoms with Crippen LogP contribution < -0.4 is 15.6 Å². The van der Waals surface area contributed by atoms with Crippen LogP contribution in [0.4, 0.5) is 0 Å². The van der Waals surface area contributed by atoms with Crippen molar-refractivity contribution in [2.24, 2.45) is 7.05 Å². The molecule has 5 aromatic rings. The van der Waals surface area contributed by atoms with E-state index in [1.54, 1.807) is 7.05 Å². The quantitative estimate of drug-likeness (QED) is 0.405. The Morgan fingerprint density at radius 2 is 2.03 bits per heavy atom. The molecule has 0 aliphatic carbocycles. The number of aryl methyl sites for hydroxylation is 3. The predicted octanol–water partition coefficient (Wildman–Crippen LogP) is 1.75. The molecule has 0 aliphatic heterocycles. The summed E-state index contributed by atoms with van der Waals surface area (Å²) in [5, 5.41) is 8.27. The first-order chi connectivity index (χ1) is 14.0. The normalized spacial score (nSPS) is 12.0. The van der Waals surface area contributed by atoms with Gasteiger partial charge in [0.15, 0.2) is 0 Å². The Morgan fingerprint density at radius 3 is 2.83 bits per heavy atom. The molecule has 0 spiro atoms. The third kappa shape index (κ3) is 2.40. The molecule has 4 heterocycles. The van der Waals surface area contributed by atoms with Crippen LogP contribution in [0.3, 0.4) is 0 Å². The summed E-state index contributed by atoms with van der Waals surface area (Å²) in [6, 6.07) is 4.09. The van der Waals surface area contributed by atoms with Crippen LogP contribution in [0.15, 0.2) is 34.1 Å². The summed E-state index contributed by atoms with van der Waals surface area (Å²) in [7, 11) is 1.64. The van der Waals surface area contributed by atoms with Crippen molar-refractivity contribution in [1.29, 1.82) is 0 Å². The zero-order valence-electron chi connectivity index (χ0n) is 16.5. The van der Waals surface area contributed by atoms with Crippen molar-refractivity contribution in [1.82, 2.24) is 29.3 Å². The lowest BCUT2D eigenvalue weighted by molar-refractivity contribution is -0.480. The van der Waals surface area contributed by atoms with Gasteiger partial charge in [-0.15, -0.1) is 0 Å². The maximum Gasteiger partial charge on any atom is 0.369 e. The van der Waals surface area contributed by atoms with Gasteiger partial charge in [-0.1, -0.05) is 19.4 Å². The molecule has 3 N–H and O–H groups in total. The first-order valence-corrected chi connectivity index (χ1v) is 9.70. The van der Waals surface area contributed by atoms with Crippen molar-refractivity contribution in [3.63, 3.8) is 0 Å². The van der Waals surface area contributed by atoms with Crippen molar-refractivity contribution in [3.05, 3.63) is 50.9 Å². The number of H-pyrrole nitrogens is 3. The number of aromatic nitrogens is 7. The minimum atomic E-state index is -0.439.